The number of benzene rings is 2. The minimum Gasteiger partial charge on any atom is -0.355 e. The van der Waals surface area contributed by atoms with Crippen molar-refractivity contribution in [2.24, 2.45) is 0 Å². The van der Waals surface area contributed by atoms with Crippen molar-refractivity contribution in [1.29, 1.82) is 0 Å². The van der Waals surface area contributed by atoms with Gasteiger partial charge >= 0.3 is 0 Å². The van der Waals surface area contributed by atoms with Crippen molar-refractivity contribution >= 4 is 5.91 Å². The molecular formula is C26H31N3O2. The van der Waals surface area contributed by atoms with Gasteiger partial charge in [0.1, 0.15) is 0 Å². The van der Waals surface area contributed by atoms with E-state index in [1.165, 1.54) is 12.8 Å². The number of nitrogens with zero attached hydrogens (tertiary/aromatic N) is 3. The lowest BCUT2D eigenvalue weighted by molar-refractivity contribution is 0.0539. The summed E-state index contributed by atoms with van der Waals surface area (Å²) in [5.74, 6) is 0.569. The van der Waals surface area contributed by atoms with Crippen molar-refractivity contribution in [2.45, 2.75) is 45.2 Å². The van der Waals surface area contributed by atoms with Crippen LogP contribution >= 0.6 is 0 Å². The van der Waals surface area contributed by atoms with E-state index in [0.717, 1.165) is 43.6 Å². The summed E-state index contributed by atoms with van der Waals surface area (Å²) in [4.78, 5) is 18.1. The third-order valence-electron chi connectivity index (χ3n) is 6.07. The molecule has 0 aliphatic carbocycles. The molecule has 1 aromatic heterocycles. The van der Waals surface area contributed by atoms with Gasteiger partial charge in [-0.15, -0.1) is 0 Å². The highest BCUT2D eigenvalue weighted by atomic mass is 16.5. The average Bonchev–Trinajstić information content (AvgIpc) is 3.33. The zero-order valence-corrected chi connectivity index (χ0v) is 18.2. The first kappa shape index (κ1) is 21.3. The fourth-order valence-corrected chi connectivity index (χ4v) is 4.24. The molecule has 5 nitrogen and oxygen atoms in total. The first-order valence-corrected chi connectivity index (χ1v) is 11.3. The summed E-state index contributed by atoms with van der Waals surface area (Å²) >= 11 is 0. The number of unbranched alkanes of at least 4 members (excludes halogenated alkanes) is 1. The molecule has 1 aliphatic heterocycles. The van der Waals surface area contributed by atoms with Crippen LogP contribution < -0.4 is 0 Å². The van der Waals surface area contributed by atoms with E-state index in [-0.39, 0.29) is 11.9 Å². The molecule has 2 aromatic carbocycles. The van der Waals surface area contributed by atoms with E-state index in [9.17, 15) is 4.79 Å². The Bertz CT molecular complexity index is 947. The molecule has 0 spiro atoms. The lowest BCUT2D eigenvalue weighted by atomic mass is 10.0. The van der Waals surface area contributed by atoms with Crippen molar-refractivity contribution in [2.75, 3.05) is 19.6 Å². The normalized spacial score (nSPS) is 15.1. The molecule has 5 heteroatoms. The van der Waals surface area contributed by atoms with Crippen molar-refractivity contribution in [3.63, 3.8) is 0 Å². The molecule has 1 aliphatic rings. The second-order valence-corrected chi connectivity index (χ2v) is 8.29. The number of hydrogen-bond donors (Lipinski definition) is 0. The maximum absolute atomic E-state index is 13.5. The predicted molar refractivity (Wildman–Crippen MR) is 123 cm³/mol. The van der Waals surface area contributed by atoms with Crippen molar-refractivity contribution in [3.8, 4) is 11.3 Å². The molecule has 162 valence electrons. The summed E-state index contributed by atoms with van der Waals surface area (Å²) in [6.45, 7) is 6.05. The average molecular weight is 418 g/mol. The highest BCUT2D eigenvalue weighted by Gasteiger charge is 2.30. The minimum atomic E-state index is -0.0539. The molecule has 0 N–H and O–H groups in total. The Balaban J connectivity index is 1.52. The molecular weight excluding hydrogens is 386 g/mol. The van der Waals surface area contributed by atoms with Crippen LogP contribution in [0.2, 0.25) is 0 Å². The van der Waals surface area contributed by atoms with Crippen LogP contribution in [-0.4, -0.2) is 46.5 Å². The third-order valence-corrected chi connectivity index (χ3v) is 6.07. The highest BCUT2D eigenvalue weighted by molar-refractivity contribution is 5.93. The number of carbonyl (C=O) groups is 1. The molecule has 0 bridgehead atoms. The van der Waals surface area contributed by atoms with Gasteiger partial charge in [-0.2, -0.15) is 0 Å². The lowest BCUT2D eigenvalue weighted by Crippen LogP contribution is -2.47. The molecule has 0 atom stereocenters. The largest absolute Gasteiger partial charge is 0.355 e. The van der Waals surface area contributed by atoms with Crippen LogP contribution in [0.5, 0.6) is 0 Å². The van der Waals surface area contributed by atoms with E-state index in [1.54, 1.807) is 6.07 Å². The van der Waals surface area contributed by atoms with Gasteiger partial charge in [-0.25, -0.2) is 0 Å². The zero-order valence-electron chi connectivity index (χ0n) is 18.2. The van der Waals surface area contributed by atoms with Crippen LogP contribution in [0.15, 0.2) is 71.3 Å². The maximum Gasteiger partial charge on any atom is 0.276 e. The van der Waals surface area contributed by atoms with Crippen LogP contribution in [-0.2, 0) is 6.54 Å². The lowest BCUT2D eigenvalue weighted by Gasteiger charge is -2.38. The molecule has 31 heavy (non-hydrogen) atoms. The summed E-state index contributed by atoms with van der Waals surface area (Å²) in [5.41, 5.74) is 2.44. The summed E-state index contributed by atoms with van der Waals surface area (Å²) in [6.07, 6.45) is 4.43. The number of carbonyl (C=O) groups excluding carboxylic acids is 1. The third kappa shape index (κ3) is 5.42. The summed E-state index contributed by atoms with van der Waals surface area (Å²) in [6, 6.07) is 22.0. The van der Waals surface area contributed by atoms with Crippen molar-refractivity contribution < 1.29 is 9.32 Å². The highest BCUT2D eigenvalue weighted by Crippen LogP contribution is 2.24. The van der Waals surface area contributed by atoms with Gasteiger partial charge in [0.2, 0.25) is 0 Å². The number of piperidine rings is 1. The second kappa shape index (κ2) is 10.4. The van der Waals surface area contributed by atoms with E-state index in [0.29, 0.717) is 18.0 Å². The van der Waals surface area contributed by atoms with Crippen LogP contribution in [0.1, 0.15) is 48.7 Å². The van der Waals surface area contributed by atoms with Crippen LogP contribution in [0.4, 0.5) is 0 Å². The Morgan fingerprint density at radius 1 is 1.06 bits per heavy atom. The Morgan fingerprint density at radius 3 is 2.42 bits per heavy atom. The first-order chi connectivity index (χ1) is 15.2. The monoisotopic (exact) mass is 417 g/mol. The molecule has 2 heterocycles. The van der Waals surface area contributed by atoms with Crippen LogP contribution in [0.25, 0.3) is 11.3 Å². The van der Waals surface area contributed by atoms with Gasteiger partial charge in [-0.3, -0.25) is 4.79 Å². The number of amides is 1. The minimum absolute atomic E-state index is 0.0539. The van der Waals surface area contributed by atoms with Gasteiger partial charge in [0.05, 0.1) is 0 Å². The maximum atomic E-state index is 13.5. The Morgan fingerprint density at radius 2 is 1.74 bits per heavy atom. The molecule has 1 saturated heterocycles. The molecule has 0 unspecified atom stereocenters. The van der Waals surface area contributed by atoms with Gasteiger partial charge in [0.25, 0.3) is 5.91 Å². The van der Waals surface area contributed by atoms with E-state index in [1.807, 2.05) is 53.4 Å². The first-order valence-electron chi connectivity index (χ1n) is 11.3. The summed E-state index contributed by atoms with van der Waals surface area (Å²) in [5, 5.41) is 4.13. The van der Waals surface area contributed by atoms with Gasteiger partial charge in [-0.05, 0) is 31.4 Å². The van der Waals surface area contributed by atoms with Crippen molar-refractivity contribution in [1.82, 2.24) is 15.0 Å². The quantitative estimate of drug-likeness (QED) is 0.502. The molecule has 0 saturated carbocycles. The number of rotatable bonds is 8. The predicted octanol–water partition coefficient (Wildman–Crippen LogP) is 5.25. The summed E-state index contributed by atoms with van der Waals surface area (Å²) in [7, 11) is 0. The van der Waals surface area contributed by atoms with E-state index in [4.69, 9.17) is 4.52 Å². The number of hydrogen-bond acceptors (Lipinski definition) is 4. The van der Waals surface area contributed by atoms with E-state index < -0.39 is 0 Å². The van der Waals surface area contributed by atoms with Crippen molar-refractivity contribution in [3.05, 3.63) is 78.0 Å². The van der Waals surface area contributed by atoms with Gasteiger partial charge in [-0.1, -0.05) is 79.2 Å². The standard InChI is InChI=1S/C26H31N3O2/c1-2-3-16-28-17-14-23(15-18-28)29(20-21-10-6-4-7-11-21)26(30)24-19-25(31-27-24)22-12-8-5-9-13-22/h4-13,19,23H,2-3,14-18,20H2,1H3. The van der Waals surface area contributed by atoms with Crippen LogP contribution in [0, 0.1) is 0 Å². The molecule has 1 amide bonds. The molecule has 3 aromatic rings. The fourth-order valence-electron chi connectivity index (χ4n) is 4.24. The Kier molecular flexibility index (Phi) is 7.15. The van der Waals surface area contributed by atoms with Gasteiger partial charge in [0, 0.05) is 37.3 Å². The number of likely N-dealkylation sites (tertiary alicyclic amines) is 1. The topological polar surface area (TPSA) is 49.6 Å². The molecule has 1 fully saturated rings. The molecule has 4 rings (SSSR count). The Labute approximate surface area is 184 Å². The molecule has 0 radical (unpaired) electrons. The summed E-state index contributed by atoms with van der Waals surface area (Å²) < 4.78 is 5.52. The van der Waals surface area contributed by atoms with Gasteiger partial charge in [0.15, 0.2) is 11.5 Å². The second-order valence-electron chi connectivity index (χ2n) is 8.29. The smallest absolute Gasteiger partial charge is 0.276 e. The zero-order chi connectivity index (χ0) is 21.5. The SMILES string of the molecule is CCCCN1CCC(N(Cc2ccccc2)C(=O)c2cc(-c3ccccc3)on2)CC1. The van der Waals surface area contributed by atoms with Gasteiger partial charge < -0.3 is 14.3 Å². The number of aromatic nitrogens is 1. The van der Waals surface area contributed by atoms with E-state index >= 15 is 0 Å². The van der Waals surface area contributed by atoms with Crippen LogP contribution in [0.3, 0.4) is 0 Å². The van der Waals surface area contributed by atoms with E-state index in [2.05, 4.69) is 29.1 Å². The fraction of sp³-hybridized carbons (Fsp3) is 0.385. The Hall–Kier alpha value is -2.92.